The number of carbonyl (C=O) groups is 1. The largest absolute Gasteiger partial charge is 0.336 e. The Kier molecular flexibility index (Phi) is 2.88. The van der Waals surface area contributed by atoms with E-state index in [4.69, 9.17) is 0 Å². The average Bonchev–Trinajstić information content (AvgIpc) is 3.24. The van der Waals surface area contributed by atoms with E-state index in [1.54, 1.807) is 0 Å². The molecule has 2 aliphatic heterocycles. The van der Waals surface area contributed by atoms with Crippen LogP contribution < -0.4 is 5.32 Å². The van der Waals surface area contributed by atoms with E-state index in [0.717, 1.165) is 44.2 Å². The van der Waals surface area contributed by atoms with Crippen LogP contribution in [0.1, 0.15) is 50.5 Å². The van der Waals surface area contributed by atoms with Crippen molar-refractivity contribution in [1.82, 2.24) is 10.2 Å². The van der Waals surface area contributed by atoms with Crippen molar-refractivity contribution in [1.29, 1.82) is 0 Å². The molecule has 6 bridgehead atoms. The summed E-state index contributed by atoms with van der Waals surface area (Å²) in [7, 11) is 0. The van der Waals surface area contributed by atoms with Crippen molar-refractivity contribution in [2.24, 2.45) is 17.3 Å². The van der Waals surface area contributed by atoms with Gasteiger partial charge in [-0.05, 0) is 67.8 Å². The smallest absolute Gasteiger partial charge is 0.229 e. The summed E-state index contributed by atoms with van der Waals surface area (Å²) in [5, 5.41) is 3.55. The molecule has 1 N–H and O–H groups in total. The molecule has 4 aliphatic carbocycles. The van der Waals surface area contributed by atoms with Crippen molar-refractivity contribution >= 4 is 5.91 Å². The lowest BCUT2D eigenvalue weighted by molar-refractivity contribution is -0.161. The van der Waals surface area contributed by atoms with Crippen LogP contribution in [0, 0.1) is 17.3 Å². The van der Waals surface area contributed by atoms with Gasteiger partial charge in [0.15, 0.2) is 0 Å². The van der Waals surface area contributed by atoms with E-state index in [-0.39, 0.29) is 10.8 Å². The lowest BCUT2D eigenvalue weighted by Gasteiger charge is -2.62. The summed E-state index contributed by atoms with van der Waals surface area (Å²) < 4.78 is 0. The number of fused-ring (bicyclic) bond motifs is 2. The zero-order valence-electron chi connectivity index (χ0n) is 14.9. The molecule has 3 nitrogen and oxygen atoms in total. The summed E-state index contributed by atoms with van der Waals surface area (Å²) in [6.07, 6.45) is 8.62. The minimum Gasteiger partial charge on any atom is -0.336 e. The fraction of sp³-hybridized carbons (Fsp3) is 0.682. The number of hydrogen-bond donors (Lipinski definition) is 1. The molecule has 2 heterocycles. The quantitative estimate of drug-likeness (QED) is 0.900. The van der Waals surface area contributed by atoms with Gasteiger partial charge in [0, 0.05) is 25.2 Å². The summed E-state index contributed by atoms with van der Waals surface area (Å²) in [6.45, 7) is 1.97. The van der Waals surface area contributed by atoms with Crippen LogP contribution >= 0.6 is 0 Å². The topological polar surface area (TPSA) is 32.3 Å². The van der Waals surface area contributed by atoms with E-state index in [9.17, 15) is 4.79 Å². The molecule has 3 heteroatoms. The molecule has 6 fully saturated rings. The molecule has 4 atom stereocenters. The Morgan fingerprint density at radius 1 is 1.04 bits per heavy atom. The fourth-order valence-electron chi connectivity index (χ4n) is 7.76. The van der Waals surface area contributed by atoms with Crippen LogP contribution in [0.3, 0.4) is 0 Å². The van der Waals surface area contributed by atoms with Crippen LogP contribution in [0.5, 0.6) is 0 Å². The number of hydrogen-bond acceptors (Lipinski definition) is 2. The van der Waals surface area contributed by atoms with Crippen LogP contribution in [0.2, 0.25) is 0 Å². The predicted octanol–water partition coefficient (Wildman–Crippen LogP) is 3.10. The summed E-state index contributed by atoms with van der Waals surface area (Å²) in [5.41, 5.74) is 1.73. The lowest BCUT2D eigenvalue weighted by Crippen LogP contribution is -2.61. The Labute approximate surface area is 150 Å². The van der Waals surface area contributed by atoms with Gasteiger partial charge in [0.1, 0.15) is 0 Å². The average molecular weight is 336 g/mol. The molecule has 1 aromatic rings. The third-order valence-corrected chi connectivity index (χ3v) is 8.22. The zero-order valence-corrected chi connectivity index (χ0v) is 14.9. The second-order valence-electron chi connectivity index (χ2n) is 9.84. The highest BCUT2D eigenvalue weighted by atomic mass is 16.2. The third kappa shape index (κ3) is 1.99. The van der Waals surface area contributed by atoms with Gasteiger partial charge in [-0.1, -0.05) is 30.3 Å². The van der Waals surface area contributed by atoms with Crippen LogP contribution in [-0.4, -0.2) is 36.0 Å². The number of benzene rings is 1. The minimum atomic E-state index is -0.0512. The fourth-order valence-corrected chi connectivity index (χ4v) is 7.76. The molecule has 1 aromatic carbocycles. The Hall–Kier alpha value is -1.35. The number of amides is 1. The molecule has 2 saturated heterocycles. The molecule has 25 heavy (non-hydrogen) atoms. The molecule has 0 radical (unpaired) electrons. The van der Waals surface area contributed by atoms with Crippen LogP contribution in [-0.2, 0) is 10.2 Å². The molecular formula is C22H28N2O. The van der Waals surface area contributed by atoms with Gasteiger partial charge in [0.2, 0.25) is 5.91 Å². The van der Waals surface area contributed by atoms with E-state index in [1.807, 2.05) is 0 Å². The molecule has 1 amide bonds. The Balaban J connectivity index is 1.37. The Morgan fingerprint density at radius 3 is 2.44 bits per heavy atom. The zero-order chi connectivity index (χ0) is 16.6. The van der Waals surface area contributed by atoms with Gasteiger partial charge in [-0.3, -0.25) is 4.79 Å². The second kappa shape index (κ2) is 4.88. The van der Waals surface area contributed by atoms with Crippen LogP contribution in [0.25, 0.3) is 0 Å². The molecule has 0 spiro atoms. The number of piperazine rings is 1. The van der Waals surface area contributed by atoms with Crippen molar-refractivity contribution in [2.75, 3.05) is 13.1 Å². The molecule has 4 saturated carbocycles. The van der Waals surface area contributed by atoms with Crippen molar-refractivity contribution in [3.8, 4) is 0 Å². The second-order valence-corrected chi connectivity index (χ2v) is 9.84. The number of nitrogens with one attached hydrogen (secondary N) is 1. The first-order chi connectivity index (χ1) is 12.2. The van der Waals surface area contributed by atoms with Crippen molar-refractivity contribution in [3.63, 3.8) is 0 Å². The van der Waals surface area contributed by atoms with Gasteiger partial charge < -0.3 is 10.2 Å². The van der Waals surface area contributed by atoms with Crippen molar-refractivity contribution in [2.45, 2.75) is 62.4 Å². The number of nitrogens with zero attached hydrogens (tertiary/aromatic N) is 1. The monoisotopic (exact) mass is 336 g/mol. The van der Waals surface area contributed by atoms with Crippen molar-refractivity contribution in [3.05, 3.63) is 35.9 Å². The highest BCUT2D eigenvalue weighted by Gasteiger charge is 2.62. The van der Waals surface area contributed by atoms with E-state index in [2.05, 4.69) is 40.5 Å². The Morgan fingerprint density at radius 2 is 1.80 bits per heavy atom. The highest BCUT2D eigenvalue weighted by molar-refractivity contribution is 5.84. The maximum atomic E-state index is 13.8. The summed E-state index contributed by atoms with van der Waals surface area (Å²) in [6, 6.07) is 12.2. The van der Waals surface area contributed by atoms with Gasteiger partial charge in [-0.2, -0.15) is 0 Å². The Bertz CT molecular complexity index is 700. The number of carbonyl (C=O) groups excluding carboxylic acids is 1. The number of rotatable bonds is 2. The van der Waals surface area contributed by atoms with E-state index < -0.39 is 0 Å². The van der Waals surface area contributed by atoms with E-state index >= 15 is 0 Å². The molecule has 0 aromatic heterocycles. The normalized spacial score (nSPS) is 46.8. The van der Waals surface area contributed by atoms with Gasteiger partial charge in [0.05, 0.1) is 5.41 Å². The lowest BCUT2D eigenvalue weighted by atomic mass is 9.42. The predicted molar refractivity (Wildman–Crippen MR) is 97.1 cm³/mol. The SMILES string of the molecule is O=C(N1CC2CC1CN2)C12CC3CC(C1)CC(c1ccccc1)(C3)C2. The summed E-state index contributed by atoms with van der Waals surface area (Å²) in [4.78, 5) is 16.0. The number of likely N-dealkylation sites (tertiary alicyclic amines) is 1. The first-order valence-electron chi connectivity index (χ1n) is 10.3. The van der Waals surface area contributed by atoms with E-state index in [1.165, 1.54) is 31.2 Å². The molecule has 7 rings (SSSR count). The molecular weight excluding hydrogens is 308 g/mol. The highest BCUT2D eigenvalue weighted by Crippen LogP contribution is 2.66. The van der Waals surface area contributed by atoms with Crippen LogP contribution in [0.15, 0.2) is 30.3 Å². The maximum absolute atomic E-state index is 13.8. The van der Waals surface area contributed by atoms with Gasteiger partial charge in [-0.25, -0.2) is 0 Å². The molecule has 4 unspecified atom stereocenters. The van der Waals surface area contributed by atoms with Crippen LogP contribution in [0.4, 0.5) is 0 Å². The van der Waals surface area contributed by atoms with Gasteiger partial charge in [-0.15, -0.1) is 0 Å². The summed E-state index contributed by atoms with van der Waals surface area (Å²) >= 11 is 0. The minimum absolute atomic E-state index is 0.0512. The molecule has 6 aliphatic rings. The standard InChI is InChI=1S/C22H28N2O/c25-20(24-13-18-7-19(24)12-23-18)22-10-15-6-16(11-22)9-21(8-15,14-22)17-4-2-1-3-5-17/h1-5,15-16,18-19,23H,6-14H2. The van der Waals surface area contributed by atoms with E-state index in [0.29, 0.717) is 18.0 Å². The summed E-state index contributed by atoms with van der Waals surface area (Å²) in [5.74, 6) is 2.06. The molecule has 132 valence electrons. The first kappa shape index (κ1) is 14.8. The first-order valence-corrected chi connectivity index (χ1v) is 10.3. The van der Waals surface area contributed by atoms with Gasteiger partial charge in [0.25, 0.3) is 0 Å². The van der Waals surface area contributed by atoms with Gasteiger partial charge >= 0.3 is 0 Å². The third-order valence-electron chi connectivity index (χ3n) is 8.22. The van der Waals surface area contributed by atoms with Crippen molar-refractivity contribution < 1.29 is 4.79 Å². The maximum Gasteiger partial charge on any atom is 0.229 e.